The SMILES string of the molecule is CC1CCN(C(=O)CCCN2CCN(c3csc4cc(F)ccc34)CC2)CC1. The minimum absolute atomic E-state index is 0.167. The van der Waals surface area contributed by atoms with Gasteiger partial charge in [-0.2, -0.15) is 0 Å². The summed E-state index contributed by atoms with van der Waals surface area (Å²) >= 11 is 1.62. The third kappa shape index (κ3) is 4.49. The van der Waals surface area contributed by atoms with Gasteiger partial charge in [-0.3, -0.25) is 9.69 Å². The number of amides is 1. The van der Waals surface area contributed by atoms with Crippen LogP contribution in [0.25, 0.3) is 10.1 Å². The Morgan fingerprint density at radius 3 is 2.64 bits per heavy atom. The van der Waals surface area contributed by atoms with Crippen LogP contribution in [-0.4, -0.2) is 61.5 Å². The van der Waals surface area contributed by atoms with Crippen molar-refractivity contribution in [3.05, 3.63) is 29.4 Å². The van der Waals surface area contributed by atoms with E-state index in [1.165, 1.54) is 5.69 Å². The minimum atomic E-state index is -0.167. The van der Waals surface area contributed by atoms with E-state index in [0.717, 1.165) is 81.1 Å². The van der Waals surface area contributed by atoms with Crippen LogP contribution in [-0.2, 0) is 4.79 Å². The van der Waals surface area contributed by atoms with Crippen LogP contribution in [0.5, 0.6) is 0 Å². The van der Waals surface area contributed by atoms with E-state index in [4.69, 9.17) is 0 Å². The van der Waals surface area contributed by atoms with Gasteiger partial charge in [0.25, 0.3) is 0 Å². The lowest BCUT2D eigenvalue weighted by Gasteiger charge is -2.36. The lowest BCUT2D eigenvalue weighted by molar-refractivity contribution is -0.132. The highest BCUT2D eigenvalue weighted by Crippen LogP contribution is 2.34. The predicted octanol–water partition coefficient (Wildman–Crippen LogP) is 4.20. The van der Waals surface area contributed by atoms with E-state index < -0.39 is 0 Å². The van der Waals surface area contributed by atoms with Crippen LogP contribution in [0.2, 0.25) is 0 Å². The van der Waals surface area contributed by atoms with Crippen LogP contribution in [0.4, 0.5) is 10.1 Å². The maximum atomic E-state index is 13.4. The second-order valence-electron chi connectivity index (χ2n) is 8.26. The molecule has 28 heavy (non-hydrogen) atoms. The van der Waals surface area contributed by atoms with Gasteiger partial charge in [0.15, 0.2) is 0 Å². The van der Waals surface area contributed by atoms with E-state index in [2.05, 4.69) is 27.0 Å². The number of piperazine rings is 1. The Balaban J connectivity index is 1.21. The number of piperidine rings is 1. The van der Waals surface area contributed by atoms with Crippen molar-refractivity contribution in [3.8, 4) is 0 Å². The number of carbonyl (C=O) groups is 1. The van der Waals surface area contributed by atoms with Crippen LogP contribution >= 0.6 is 11.3 Å². The summed E-state index contributed by atoms with van der Waals surface area (Å²) in [6, 6.07) is 5.07. The topological polar surface area (TPSA) is 26.8 Å². The molecule has 4 rings (SSSR count). The fourth-order valence-corrected chi connectivity index (χ4v) is 5.31. The summed E-state index contributed by atoms with van der Waals surface area (Å²) in [6.07, 6.45) is 3.93. The number of fused-ring (bicyclic) bond motifs is 1. The first-order valence-electron chi connectivity index (χ1n) is 10.5. The molecule has 1 amide bonds. The molecule has 2 aromatic rings. The molecule has 4 nitrogen and oxygen atoms in total. The molecule has 0 spiro atoms. The average molecular weight is 404 g/mol. The Kier molecular flexibility index (Phi) is 6.16. The van der Waals surface area contributed by atoms with Gasteiger partial charge in [-0.05, 0) is 49.9 Å². The van der Waals surface area contributed by atoms with E-state index in [0.29, 0.717) is 12.3 Å². The van der Waals surface area contributed by atoms with Gasteiger partial charge in [0, 0.05) is 61.2 Å². The van der Waals surface area contributed by atoms with E-state index in [1.807, 2.05) is 6.07 Å². The largest absolute Gasteiger partial charge is 0.368 e. The number of anilines is 1. The third-order valence-corrected chi connectivity index (χ3v) is 7.16. The Labute approximate surface area is 170 Å². The summed E-state index contributed by atoms with van der Waals surface area (Å²) in [5, 5.41) is 3.30. The molecule has 3 heterocycles. The molecule has 0 radical (unpaired) electrons. The number of hydrogen-bond acceptors (Lipinski definition) is 4. The molecule has 2 aliphatic rings. The van der Waals surface area contributed by atoms with Crippen molar-refractivity contribution in [2.75, 3.05) is 50.7 Å². The molecule has 2 fully saturated rings. The highest BCUT2D eigenvalue weighted by atomic mass is 32.1. The number of rotatable bonds is 5. The van der Waals surface area contributed by atoms with Gasteiger partial charge in [-0.25, -0.2) is 4.39 Å². The first-order valence-corrected chi connectivity index (χ1v) is 11.4. The Morgan fingerprint density at radius 2 is 1.89 bits per heavy atom. The van der Waals surface area contributed by atoms with Gasteiger partial charge in [-0.15, -0.1) is 11.3 Å². The zero-order chi connectivity index (χ0) is 19.5. The monoisotopic (exact) mass is 403 g/mol. The molecular weight excluding hydrogens is 373 g/mol. The summed E-state index contributed by atoms with van der Waals surface area (Å²) in [4.78, 5) is 19.3. The van der Waals surface area contributed by atoms with Gasteiger partial charge in [-0.1, -0.05) is 6.92 Å². The van der Waals surface area contributed by atoms with E-state index in [1.54, 1.807) is 23.5 Å². The minimum Gasteiger partial charge on any atom is -0.368 e. The molecule has 0 aliphatic carbocycles. The molecule has 6 heteroatoms. The maximum Gasteiger partial charge on any atom is 0.222 e. The van der Waals surface area contributed by atoms with Gasteiger partial charge in [0.1, 0.15) is 5.82 Å². The van der Waals surface area contributed by atoms with Gasteiger partial charge in [0.2, 0.25) is 5.91 Å². The number of halogens is 1. The standard InChI is InChI=1S/C22H30FN3OS/c1-17-6-9-26(10-7-17)22(27)3-2-8-24-11-13-25(14-12-24)20-16-28-21-15-18(23)4-5-19(20)21/h4-5,15-17H,2-3,6-14H2,1H3. The summed E-state index contributed by atoms with van der Waals surface area (Å²) < 4.78 is 14.4. The Morgan fingerprint density at radius 1 is 1.14 bits per heavy atom. The van der Waals surface area contributed by atoms with E-state index in [9.17, 15) is 9.18 Å². The van der Waals surface area contributed by atoms with Crippen LogP contribution in [0.15, 0.2) is 23.6 Å². The second kappa shape index (κ2) is 8.78. The van der Waals surface area contributed by atoms with Crippen molar-refractivity contribution in [2.45, 2.75) is 32.6 Å². The van der Waals surface area contributed by atoms with E-state index in [-0.39, 0.29) is 5.82 Å². The zero-order valence-corrected chi connectivity index (χ0v) is 17.5. The van der Waals surface area contributed by atoms with Crippen molar-refractivity contribution in [1.29, 1.82) is 0 Å². The highest BCUT2D eigenvalue weighted by molar-refractivity contribution is 7.17. The normalized spacial score (nSPS) is 19.5. The molecule has 0 bridgehead atoms. The number of hydrogen-bond donors (Lipinski definition) is 0. The summed E-state index contributed by atoms with van der Waals surface area (Å²) in [5.74, 6) is 0.932. The molecule has 0 unspecified atom stereocenters. The predicted molar refractivity (Wildman–Crippen MR) is 115 cm³/mol. The lowest BCUT2D eigenvalue weighted by atomic mass is 9.99. The summed E-state index contributed by atoms with van der Waals surface area (Å²) in [5.41, 5.74) is 1.23. The molecule has 152 valence electrons. The van der Waals surface area contributed by atoms with Crippen LogP contribution < -0.4 is 4.90 Å². The lowest BCUT2D eigenvalue weighted by Crippen LogP contribution is -2.46. The summed E-state index contributed by atoms with van der Waals surface area (Å²) in [6.45, 7) is 9.18. The van der Waals surface area contributed by atoms with Crippen molar-refractivity contribution < 1.29 is 9.18 Å². The molecule has 2 aliphatic heterocycles. The third-order valence-electron chi connectivity index (χ3n) is 6.23. The van der Waals surface area contributed by atoms with Crippen LogP contribution in [0.3, 0.4) is 0 Å². The van der Waals surface area contributed by atoms with E-state index >= 15 is 0 Å². The zero-order valence-electron chi connectivity index (χ0n) is 16.7. The van der Waals surface area contributed by atoms with Crippen LogP contribution in [0.1, 0.15) is 32.6 Å². The van der Waals surface area contributed by atoms with Crippen molar-refractivity contribution in [1.82, 2.24) is 9.80 Å². The first-order chi connectivity index (χ1) is 13.6. The number of carbonyl (C=O) groups excluding carboxylic acids is 1. The van der Waals surface area contributed by atoms with Crippen LogP contribution in [0, 0.1) is 11.7 Å². The molecule has 1 aromatic carbocycles. The van der Waals surface area contributed by atoms with Crippen molar-refractivity contribution in [3.63, 3.8) is 0 Å². The number of nitrogens with zero attached hydrogens (tertiary/aromatic N) is 3. The second-order valence-corrected chi connectivity index (χ2v) is 9.17. The average Bonchev–Trinajstić information content (AvgIpc) is 3.12. The first kappa shape index (κ1) is 19.6. The molecule has 2 saturated heterocycles. The molecule has 0 N–H and O–H groups in total. The Bertz CT molecular complexity index is 807. The van der Waals surface area contributed by atoms with Crippen molar-refractivity contribution >= 4 is 33.0 Å². The molecule has 0 saturated carbocycles. The van der Waals surface area contributed by atoms with Gasteiger partial charge >= 0.3 is 0 Å². The summed E-state index contributed by atoms with van der Waals surface area (Å²) in [7, 11) is 0. The smallest absolute Gasteiger partial charge is 0.222 e. The van der Waals surface area contributed by atoms with Crippen molar-refractivity contribution in [2.24, 2.45) is 5.92 Å². The number of thiophene rings is 1. The Hall–Kier alpha value is -1.66. The molecule has 0 atom stereocenters. The fraction of sp³-hybridized carbons (Fsp3) is 0.591. The number of likely N-dealkylation sites (tertiary alicyclic amines) is 1. The molecular formula is C22H30FN3OS. The van der Waals surface area contributed by atoms with Gasteiger partial charge < -0.3 is 9.80 Å². The molecule has 1 aromatic heterocycles. The maximum absolute atomic E-state index is 13.4. The number of benzene rings is 1. The quantitative estimate of drug-likeness (QED) is 0.749. The highest BCUT2D eigenvalue weighted by Gasteiger charge is 2.22. The fourth-order valence-electron chi connectivity index (χ4n) is 4.32. The van der Waals surface area contributed by atoms with Gasteiger partial charge in [0.05, 0.1) is 5.69 Å².